The molecule has 1 N–H and O–H groups in total. The van der Waals surface area contributed by atoms with Crippen LogP contribution in [0.4, 0.5) is 4.79 Å². The van der Waals surface area contributed by atoms with E-state index >= 15 is 0 Å². The fourth-order valence-corrected chi connectivity index (χ4v) is 1.57. The summed E-state index contributed by atoms with van der Waals surface area (Å²) in [6, 6.07) is 0. The molecule has 0 saturated heterocycles. The van der Waals surface area contributed by atoms with E-state index in [0.717, 1.165) is 11.3 Å². The first kappa shape index (κ1) is 16.4. The van der Waals surface area contributed by atoms with Crippen LogP contribution in [0.2, 0.25) is 5.28 Å². The van der Waals surface area contributed by atoms with Crippen LogP contribution in [-0.2, 0) is 4.74 Å². The van der Waals surface area contributed by atoms with Gasteiger partial charge in [-0.3, -0.25) is 0 Å². The van der Waals surface area contributed by atoms with Crippen LogP contribution in [0.5, 0.6) is 0 Å². The summed E-state index contributed by atoms with van der Waals surface area (Å²) < 4.78 is 5.13. The van der Waals surface area contributed by atoms with Crippen molar-refractivity contribution in [3.8, 4) is 0 Å². The number of aromatic nitrogens is 2. The molecule has 1 amide bonds. The normalized spacial score (nSPS) is 11.7. The minimum Gasteiger partial charge on any atom is -0.444 e. The zero-order valence-corrected chi connectivity index (χ0v) is 13.0. The van der Waals surface area contributed by atoms with E-state index in [1.807, 2.05) is 39.8 Å². The van der Waals surface area contributed by atoms with Gasteiger partial charge in [0.1, 0.15) is 5.60 Å². The summed E-state index contributed by atoms with van der Waals surface area (Å²) in [7, 11) is 0. The first-order valence-electron chi connectivity index (χ1n) is 6.40. The number of hydrogen-bond donors (Lipinski definition) is 1. The Morgan fingerprint density at radius 1 is 1.50 bits per heavy atom. The maximum Gasteiger partial charge on any atom is 0.407 e. The molecule has 0 unspecified atom stereocenters. The highest BCUT2D eigenvalue weighted by molar-refractivity contribution is 6.28. The molecule has 6 heteroatoms. The molecule has 0 spiro atoms. The predicted octanol–water partition coefficient (Wildman–Crippen LogP) is 3.37. The monoisotopic (exact) mass is 297 g/mol. The number of halogens is 1. The summed E-state index contributed by atoms with van der Waals surface area (Å²) in [4.78, 5) is 19.4. The minimum atomic E-state index is -0.475. The smallest absolute Gasteiger partial charge is 0.407 e. The molecule has 0 aliphatic heterocycles. The molecule has 0 atom stereocenters. The van der Waals surface area contributed by atoms with Gasteiger partial charge >= 0.3 is 6.09 Å². The van der Waals surface area contributed by atoms with Crippen molar-refractivity contribution in [3.05, 3.63) is 28.8 Å². The first-order chi connectivity index (χ1) is 9.28. The van der Waals surface area contributed by atoms with Gasteiger partial charge in [0.25, 0.3) is 0 Å². The third-order valence-corrected chi connectivity index (χ3v) is 2.45. The molecule has 0 aromatic carbocycles. The number of nitrogens with zero attached hydrogens (tertiary/aromatic N) is 2. The molecule has 0 bridgehead atoms. The van der Waals surface area contributed by atoms with E-state index < -0.39 is 11.7 Å². The van der Waals surface area contributed by atoms with Gasteiger partial charge in [0.2, 0.25) is 5.28 Å². The molecule has 1 heterocycles. The van der Waals surface area contributed by atoms with Gasteiger partial charge in [-0.25, -0.2) is 14.8 Å². The number of aryl methyl sites for hydroxylation is 1. The standard InChI is InChI=1S/C14H20ClN3O2/c1-10-11(9-17-12(15)18-10)7-5-6-8-16-13(19)20-14(2,3)4/h5,7,9H,6,8H2,1-4H3,(H,16,19). The van der Waals surface area contributed by atoms with Crippen LogP contribution >= 0.6 is 11.6 Å². The van der Waals surface area contributed by atoms with Crippen LogP contribution in [0.3, 0.4) is 0 Å². The van der Waals surface area contributed by atoms with Gasteiger partial charge in [0, 0.05) is 24.0 Å². The van der Waals surface area contributed by atoms with Crippen LogP contribution < -0.4 is 5.32 Å². The highest BCUT2D eigenvalue weighted by Crippen LogP contribution is 2.09. The second-order valence-corrected chi connectivity index (χ2v) is 5.64. The Morgan fingerprint density at radius 3 is 2.80 bits per heavy atom. The largest absolute Gasteiger partial charge is 0.444 e. The molecule has 1 aromatic rings. The Bertz CT molecular complexity index is 496. The van der Waals surface area contributed by atoms with Gasteiger partial charge in [0.15, 0.2) is 0 Å². The van der Waals surface area contributed by atoms with Crippen LogP contribution in [0, 0.1) is 6.92 Å². The van der Waals surface area contributed by atoms with Crippen molar-refractivity contribution in [2.45, 2.75) is 39.7 Å². The van der Waals surface area contributed by atoms with E-state index in [9.17, 15) is 4.79 Å². The van der Waals surface area contributed by atoms with E-state index in [1.165, 1.54) is 0 Å². The van der Waals surface area contributed by atoms with Crippen LogP contribution in [-0.4, -0.2) is 28.2 Å². The average molecular weight is 298 g/mol. The lowest BCUT2D eigenvalue weighted by Gasteiger charge is -2.19. The fourth-order valence-electron chi connectivity index (χ4n) is 1.39. The highest BCUT2D eigenvalue weighted by Gasteiger charge is 2.15. The summed E-state index contributed by atoms with van der Waals surface area (Å²) in [5.41, 5.74) is 1.26. The molecule has 0 fully saturated rings. The summed E-state index contributed by atoms with van der Waals surface area (Å²) in [5, 5.41) is 2.93. The number of alkyl carbamates (subject to hydrolysis) is 1. The average Bonchev–Trinajstić information content (AvgIpc) is 2.28. The van der Waals surface area contributed by atoms with Crippen molar-refractivity contribution in [1.29, 1.82) is 0 Å². The SMILES string of the molecule is Cc1nc(Cl)ncc1C=CCCNC(=O)OC(C)(C)C. The third-order valence-electron chi connectivity index (χ3n) is 2.26. The topological polar surface area (TPSA) is 64.1 Å². The molecule has 1 rings (SSSR count). The van der Waals surface area contributed by atoms with Crippen molar-refractivity contribution >= 4 is 23.8 Å². The van der Waals surface area contributed by atoms with Crippen molar-refractivity contribution in [3.63, 3.8) is 0 Å². The van der Waals surface area contributed by atoms with Crippen LogP contribution in [0.1, 0.15) is 38.4 Å². The van der Waals surface area contributed by atoms with E-state index in [-0.39, 0.29) is 5.28 Å². The molecular weight excluding hydrogens is 278 g/mol. The molecule has 0 radical (unpaired) electrons. The number of ether oxygens (including phenoxy) is 1. The number of carbonyl (C=O) groups excluding carboxylic acids is 1. The Hall–Kier alpha value is -1.62. The zero-order valence-electron chi connectivity index (χ0n) is 12.2. The second kappa shape index (κ2) is 7.24. The van der Waals surface area contributed by atoms with E-state index in [1.54, 1.807) is 6.20 Å². The molecule has 5 nitrogen and oxygen atoms in total. The Labute approximate surface area is 124 Å². The Kier molecular flexibility index (Phi) is 5.95. The van der Waals surface area contributed by atoms with Crippen LogP contribution in [0.15, 0.2) is 12.3 Å². The van der Waals surface area contributed by atoms with E-state index in [2.05, 4.69) is 15.3 Å². The van der Waals surface area contributed by atoms with E-state index in [0.29, 0.717) is 13.0 Å². The molecule has 1 aromatic heterocycles. The summed E-state index contributed by atoms with van der Waals surface area (Å²) >= 11 is 5.68. The highest BCUT2D eigenvalue weighted by atomic mass is 35.5. The number of hydrogen-bond acceptors (Lipinski definition) is 4. The number of rotatable bonds is 4. The van der Waals surface area contributed by atoms with Crippen molar-refractivity contribution in [1.82, 2.24) is 15.3 Å². The lowest BCUT2D eigenvalue weighted by Crippen LogP contribution is -2.32. The van der Waals surface area contributed by atoms with Gasteiger partial charge in [-0.15, -0.1) is 0 Å². The second-order valence-electron chi connectivity index (χ2n) is 5.30. The fraction of sp³-hybridized carbons (Fsp3) is 0.500. The van der Waals surface area contributed by atoms with Gasteiger partial charge in [-0.2, -0.15) is 0 Å². The van der Waals surface area contributed by atoms with Crippen molar-refractivity contribution in [2.75, 3.05) is 6.54 Å². The molecule has 0 aliphatic rings. The van der Waals surface area contributed by atoms with Crippen molar-refractivity contribution < 1.29 is 9.53 Å². The number of amides is 1. The number of nitrogens with one attached hydrogen (secondary N) is 1. The van der Waals surface area contributed by atoms with Gasteiger partial charge < -0.3 is 10.1 Å². The Morgan fingerprint density at radius 2 is 2.20 bits per heavy atom. The number of carbonyl (C=O) groups is 1. The van der Waals surface area contributed by atoms with Gasteiger partial charge in [-0.05, 0) is 45.7 Å². The molecule has 0 saturated carbocycles. The molecule has 20 heavy (non-hydrogen) atoms. The molecular formula is C14H20ClN3O2. The first-order valence-corrected chi connectivity index (χ1v) is 6.78. The maximum absolute atomic E-state index is 11.4. The minimum absolute atomic E-state index is 0.242. The zero-order chi connectivity index (χ0) is 15.2. The maximum atomic E-state index is 11.4. The quantitative estimate of drug-likeness (QED) is 0.683. The summed E-state index contributed by atoms with van der Waals surface area (Å²) in [5.74, 6) is 0. The summed E-state index contributed by atoms with van der Waals surface area (Å²) in [6.07, 6.45) is 5.81. The Balaban J connectivity index is 2.34. The van der Waals surface area contributed by atoms with Crippen LogP contribution in [0.25, 0.3) is 6.08 Å². The van der Waals surface area contributed by atoms with Gasteiger partial charge in [0.05, 0.1) is 0 Å². The molecule has 0 aliphatic carbocycles. The van der Waals surface area contributed by atoms with E-state index in [4.69, 9.17) is 16.3 Å². The molecule has 110 valence electrons. The third kappa shape index (κ3) is 6.52. The lowest BCUT2D eigenvalue weighted by atomic mass is 10.2. The predicted molar refractivity (Wildman–Crippen MR) is 79.7 cm³/mol. The van der Waals surface area contributed by atoms with Gasteiger partial charge in [-0.1, -0.05) is 12.2 Å². The summed E-state index contributed by atoms with van der Waals surface area (Å²) in [6.45, 7) is 7.87. The lowest BCUT2D eigenvalue weighted by molar-refractivity contribution is 0.0529. The van der Waals surface area contributed by atoms with Crippen molar-refractivity contribution in [2.24, 2.45) is 0 Å².